The third kappa shape index (κ3) is 2.06. The molecule has 0 unspecified atom stereocenters. The van der Waals surface area contributed by atoms with Crippen LogP contribution >= 0.6 is 23.2 Å². The van der Waals surface area contributed by atoms with Gasteiger partial charge in [0.2, 0.25) is 0 Å². The summed E-state index contributed by atoms with van der Waals surface area (Å²) in [5, 5.41) is 1.04. The zero-order chi connectivity index (χ0) is 10.8. The fourth-order valence-corrected chi connectivity index (χ4v) is 1.61. The number of hydrogen-bond donors (Lipinski definition) is 1. The average Bonchev–Trinajstić information content (AvgIpc) is 2.23. The van der Waals surface area contributed by atoms with Crippen LogP contribution in [0, 0.1) is 0 Å². The Kier molecular flexibility index (Phi) is 2.80. The highest BCUT2D eigenvalue weighted by atomic mass is 35.5. The summed E-state index contributed by atoms with van der Waals surface area (Å²) in [6.07, 6.45) is 3.35. The standard InChI is InChI=1S/C11H8Cl2N2/c12-9-2-1-7(5-10(9)13)8-6-15-4-3-11(8)14/h1-6H,(H2,14,15). The lowest BCUT2D eigenvalue weighted by Gasteiger charge is -2.05. The molecule has 0 fully saturated rings. The molecule has 2 aromatic rings. The first-order chi connectivity index (χ1) is 7.18. The smallest absolute Gasteiger partial charge is 0.0598 e. The second-order valence-corrected chi connectivity index (χ2v) is 3.91. The molecule has 15 heavy (non-hydrogen) atoms. The van der Waals surface area contributed by atoms with Gasteiger partial charge in [-0.1, -0.05) is 29.3 Å². The van der Waals surface area contributed by atoms with E-state index >= 15 is 0 Å². The summed E-state index contributed by atoms with van der Waals surface area (Å²) in [5.41, 5.74) is 8.26. The van der Waals surface area contributed by atoms with E-state index in [4.69, 9.17) is 28.9 Å². The van der Waals surface area contributed by atoms with E-state index < -0.39 is 0 Å². The molecule has 1 aromatic heterocycles. The van der Waals surface area contributed by atoms with Crippen LogP contribution in [0.25, 0.3) is 11.1 Å². The SMILES string of the molecule is Nc1ccncc1-c1ccc(Cl)c(Cl)c1. The van der Waals surface area contributed by atoms with Gasteiger partial charge in [-0.05, 0) is 23.8 Å². The fourth-order valence-electron chi connectivity index (χ4n) is 1.31. The summed E-state index contributed by atoms with van der Waals surface area (Å²) in [4.78, 5) is 4.02. The lowest BCUT2D eigenvalue weighted by Crippen LogP contribution is -1.90. The van der Waals surface area contributed by atoms with E-state index in [1.54, 1.807) is 30.6 Å². The fraction of sp³-hybridized carbons (Fsp3) is 0. The van der Waals surface area contributed by atoms with E-state index in [1.807, 2.05) is 6.07 Å². The molecular weight excluding hydrogens is 231 g/mol. The molecule has 0 amide bonds. The third-order valence-corrected chi connectivity index (χ3v) is 2.82. The van der Waals surface area contributed by atoms with Crippen LogP contribution in [-0.4, -0.2) is 4.98 Å². The van der Waals surface area contributed by atoms with E-state index in [0.29, 0.717) is 15.7 Å². The maximum absolute atomic E-state index is 5.92. The van der Waals surface area contributed by atoms with Gasteiger partial charge in [0.25, 0.3) is 0 Å². The van der Waals surface area contributed by atoms with Crippen LogP contribution in [0.2, 0.25) is 10.0 Å². The molecule has 0 aliphatic rings. The Morgan fingerprint density at radius 2 is 1.87 bits per heavy atom. The number of pyridine rings is 1. The lowest BCUT2D eigenvalue weighted by atomic mass is 10.1. The minimum absolute atomic E-state index is 0.511. The predicted molar refractivity (Wildman–Crippen MR) is 64.1 cm³/mol. The van der Waals surface area contributed by atoms with Crippen molar-refractivity contribution < 1.29 is 0 Å². The van der Waals surface area contributed by atoms with Crippen LogP contribution in [0.15, 0.2) is 36.7 Å². The van der Waals surface area contributed by atoms with Crippen molar-refractivity contribution in [3.05, 3.63) is 46.7 Å². The Morgan fingerprint density at radius 3 is 2.53 bits per heavy atom. The van der Waals surface area contributed by atoms with E-state index in [1.165, 1.54) is 0 Å². The van der Waals surface area contributed by atoms with Gasteiger partial charge in [-0.3, -0.25) is 4.98 Å². The summed E-state index contributed by atoms with van der Waals surface area (Å²) in [6.45, 7) is 0. The number of halogens is 2. The molecular formula is C11H8Cl2N2. The molecule has 0 saturated heterocycles. The third-order valence-electron chi connectivity index (χ3n) is 2.09. The average molecular weight is 239 g/mol. The molecule has 0 saturated carbocycles. The molecule has 4 heteroatoms. The molecule has 1 aromatic carbocycles. The quantitative estimate of drug-likeness (QED) is 0.825. The highest BCUT2D eigenvalue weighted by Crippen LogP contribution is 2.30. The van der Waals surface area contributed by atoms with Gasteiger partial charge in [-0.15, -0.1) is 0 Å². The predicted octanol–water partition coefficient (Wildman–Crippen LogP) is 3.64. The summed E-state index contributed by atoms with van der Waals surface area (Å²) in [7, 11) is 0. The lowest BCUT2D eigenvalue weighted by molar-refractivity contribution is 1.33. The number of aromatic nitrogens is 1. The molecule has 2 N–H and O–H groups in total. The van der Waals surface area contributed by atoms with Crippen LogP contribution in [0.1, 0.15) is 0 Å². The normalized spacial score (nSPS) is 10.3. The number of benzene rings is 1. The number of nitrogens with two attached hydrogens (primary N) is 1. The van der Waals surface area contributed by atoms with E-state index in [2.05, 4.69) is 4.98 Å². The zero-order valence-electron chi connectivity index (χ0n) is 7.74. The van der Waals surface area contributed by atoms with Gasteiger partial charge in [0, 0.05) is 23.6 Å². The number of nitrogen functional groups attached to an aromatic ring is 1. The molecule has 0 bridgehead atoms. The van der Waals surface area contributed by atoms with Crippen LogP contribution in [0.3, 0.4) is 0 Å². The minimum Gasteiger partial charge on any atom is -0.398 e. The zero-order valence-corrected chi connectivity index (χ0v) is 9.26. The highest BCUT2D eigenvalue weighted by Gasteiger charge is 2.04. The van der Waals surface area contributed by atoms with Gasteiger partial charge in [0.05, 0.1) is 10.0 Å². The molecule has 2 rings (SSSR count). The topological polar surface area (TPSA) is 38.9 Å². The summed E-state index contributed by atoms with van der Waals surface area (Å²) in [5.74, 6) is 0. The van der Waals surface area contributed by atoms with Gasteiger partial charge >= 0.3 is 0 Å². The van der Waals surface area contributed by atoms with E-state index in [9.17, 15) is 0 Å². The molecule has 0 atom stereocenters. The summed E-state index contributed by atoms with van der Waals surface area (Å²) in [6, 6.07) is 7.13. The van der Waals surface area contributed by atoms with Crippen molar-refractivity contribution in [2.45, 2.75) is 0 Å². The highest BCUT2D eigenvalue weighted by molar-refractivity contribution is 6.42. The second-order valence-electron chi connectivity index (χ2n) is 3.09. The second kappa shape index (κ2) is 4.09. The van der Waals surface area contributed by atoms with Gasteiger partial charge in [0.1, 0.15) is 0 Å². The van der Waals surface area contributed by atoms with Crippen molar-refractivity contribution in [1.82, 2.24) is 4.98 Å². The van der Waals surface area contributed by atoms with Gasteiger partial charge < -0.3 is 5.73 Å². The molecule has 1 heterocycles. The van der Waals surface area contributed by atoms with Gasteiger partial charge in [-0.25, -0.2) is 0 Å². The maximum Gasteiger partial charge on any atom is 0.0598 e. The Hall–Kier alpha value is -1.25. The van der Waals surface area contributed by atoms with Crippen molar-refractivity contribution in [3.63, 3.8) is 0 Å². The first kappa shape index (κ1) is 10.3. The molecule has 0 aliphatic carbocycles. The molecule has 76 valence electrons. The van der Waals surface area contributed by atoms with Gasteiger partial charge in [0.15, 0.2) is 0 Å². The van der Waals surface area contributed by atoms with E-state index in [0.717, 1.165) is 11.1 Å². The number of anilines is 1. The Bertz CT molecular complexity index is 498. The van der Waals surface area contributed by atoms with E-state index in [-0.39, 0.29) is 0 Å². The van der Waals surface area contributed by atoms with Crippen molar-refractivity contribution >= 4 is 28.9 Å². The number of rotatable bonds is 1. The van der Waals surface area contributed by atoms with Crippen molar-refractivity contribution in [1.29, 1.82) is 0 Å². The van der Waals surface area contributed by atoms with Gasteiger partial charge in [-0.2, -0.15) is 0 Å². The van der Waals surface area contributed by atoms with Crippen molar-refractivity contribution in [2.24, 2.45) is 0 Å². The summed E-state index contributed by atoms with van der Waals surface area (Å²) < 4.78 is 0. The molecule has 2 nitrogen and oxygen atoms in total. The first-order valence-electron chi connectivity index (χ1n) is 4.33. The maximum atomic E-state index is 5.92. The number of hydrogen-bond acceptors (Lipinski definition) is 2. The van der Waals surface area contributed by atoms with Crippen molar-refractivity contribution in [3.8, 4) is 11.1 Å². The molecule has 0 radical (unpaired) electrons. The first-order valence-corrected chi connectivity index (χ1v) is 5.09. The molecule has 0 spiro atoms. The van der Waals surface area contributed by atoms with Crippen LogP contribution < -0.4 is 5.73 Å². The minimum atomic E-state index is 0.511. The Labute approximate surface area is 97.7 Å². The summed E-state index contributed by atoms with van der Waals surface area (Å²) >= 11 is 11.8. The van der Waals surface area contributed by atoms with Crippen LogP contribution in [-0.2, 0) is 0 Å². The Balaban J connectivity index is 2.55. The Morgan fingerprint density at radius 1 is 1.07 bits per heavy atom. The van der Waals surface area contributed by atoms with Crippen LogP contribution in [0.4, 0.5) is 5.69 Å². The monoisotopic (exact) mass is 238 g/mol. The van der Waals surface area contributed by atoms with Crippen LogP contribution in [0.5, 0.6) is 0 Å². The van der Waals surface area contributed by atoms with Crippen molar-refractivity contribution in [2.75, 3.05) is 5.73 Å². The largest absolute Gasteiger partial charge is 0.398 e. The number of nitrogens with zero attached hydrogens (tertiary/aromatic N) is 1. The molecule has 0 aliphatic heterocycles.